The molecule has 0 bridgehead atoms. The van der Waals surface area contributed by atoms with Gasteiger partial charge in [0.05, 0.1) is 0 Å². The Morgan fingerprint density at radius 3 is 2.61 bits per heavy atom. The molecule has 2 rings (SSSR count). The van der Waals surface area contributed by atoms with Crippen molar-refractivity contribution in [3.05, 3.63) is 23.9 Å². The van der Waals surface area contributed by atoms with E-state index in [2.05, 4.69) is 18.8 Å². The number of hydrogen-bond acceptors (Lipinski definition) is 2. The number of pyridine rings is 1. The van der Waals surface area contributed by atoms with Crippen LogP contribution in [-0.2, 0) is 6.18 Å². The van der Waals surface area contributed by atoms with Crippen molar-refractivity contribution >= 4 is 5.82 Å². The number of rotatable bonds is 1. The van der Waals surface area contributed by atoms with Crippen LogP contribution in [0.5, 0.6) is 0 Å². The van der Waals surface area contributed by atoms with E-state index in [1.54, 1.807) is 6.07 Å². The molecule has 1 aliphatic rings. The molecule has 1 aromatic heterocycles. The van der Waals surface area contributed by atoms with Crippen LogP contribution < -0.4 is 4.90 Å². The molecule has 100 valence electrons. The predicted octanol–water partition coefficient (Wildman–Crippen LogP) is 3.73. The summed E-state index contributed by atoms with van der Waals surface area (Å²) >= 11 is 0. The Bertz CT molecular complexity index is 426. The van der Waals surface area contributed by atoms with Crippen LogP contribution in [0, 0.1) is 5.41 Å². The van der Waals surface area contributed by atoms with Gasteiger partial charge in [-0.25, -0.2) is 4.98 Å². The van der Waals surface area contributed by atoms with E-state index in [1.807, 2.05) is 4.90 Å². The minimum absolute atomic E-state index is 0.133. The zero-order valence-electron chi connectivity index (χ0n) is 10.6. The van der Waals surface area contributed by atoms with E-state index < -0.39 is 11.9 Å². The van der Waals surface area contributed by atoms with E-state index in [0.717, 1.165) is 32.0 Å². The van der Waals surface area contributed by atoms with Gasteiger partial charge in [-0.1, -0.05) is 19.9 Å². The van der Waals surface area contributed by atoms with E-state index in [0.29, 0.717) is 5.82 Å². The molecule has 0 N–H and O–H groups in total. The van der Waals surface area contributed by atoms with Crippen LogP contribution in [-0.4, -0.2) is 18.1 Å². The molecule has 0 saturated carbocycles. The number of anilines is 1. The Labute approximate surface area is 105 Å². The van der Waals surface area contributed by atoms with E-state index in [1.165, 1.54) is 6.07 Å². The van der Waals surface area contributed by atoms with E-state index in [4.69, 9.17) is 0 Å². The van der Waals surface area contributed by atoms with Crippen molar-refractivity contribution in [2.75, 3.05) is 18.0 Å². The van der Waals surface area contributed by atoms with E-state index in [9.17, 15) is 13.2 Å². The Hall–Kier alpha value is -1.26. The molecule has 0 spiro atoms. The summed E-state index contributed by atoms with van der Waals surface area (Å²) in [6.45, 7) is 5.79. The van der Waals surface area contributed by atoms with Crippen LogP contribution >= 0.6 is 0 Å². The third-order valence-corrected chi connectivity index (χ3v) is 3.25. The van der Waals surface area contributed by atoms with Gasteiger partial charge in [0.2, 0.25) is 0 Å². The quantitative estimate of drug-likeness (QED) is 0.763. The van der Waals surface area contributed by atoms with Crippen LogP contribution in [0.3, 0.4) is 0 Å². The maximum Gasteiger partial charge on any atom is 0.433 e. The van der Waals surface area contributed by atoms with Crippen LogP contribution in [0.1, 0.15) is 32.4 Å². The number of hydrogen-bond donors (Lipinski definition) is 0. The Balaban J connectivity index is 2.23. The van der Waals surface area contributed by atoms with Crippen molar-refractivity contribution < 1.29 is 13.2 Å². The maximum absolute atomic E-state index is 12.6. The molecule has 18 heavy (non-hydrogen) atoms. The van der Waals surface area contributed by atoms with Gasteiger partial charge in [-0.15, -0.1) is 0 Å². The Morgan fingerprint density at radius 2 is 2.00 bits per heavy atom. The molecule has 0 amide bonds. The lowest BCUT2D eigenvalue weighted by atomic mass is 9.84. The summed E-state index contributed by atoms with van der Waals surface area (Å²) in [5, 5.41) is 0. The monoisotopic (exact) mass is 258 g/mol. The second-order valence-corrected chi connectivity index (χ2v) is 5.57. The van der Waals surface area contributed by atoms with Gasteiger partial charge in [-0.2, -0.15) is 13.2 Å². The average Bonchev–Trinajstić information content (AvgIpc) is 2.27. The van der Waals surface area contributed by atoms with Gasteiger partial charge in [-0.05, 0) is 30.4 Å². The van der Waals surface area contributed by atoms with Crippen molar-refractivity contribution in [2.24, 2.45) is 5.41 Å². The molecule has 0 aliphatic carbocycles. The summed E-state index contributed by atoms with van der Waals surface area (Å²) in [6.07, 6.45) is -2.28. The van der Waals surface area contributed by atoms with Gasteiger partial charge in [0.1, 0.15) is 11.5 Å². The number of nitrogens with zero attached hydrogens (tertiary/aromatic N) is 2. The molecule has 0 unspecified atom stereocenters. The molecule has 0 radical (unpaired) electrons. The highest BCUT2D eigenvalue weighted by Crippen LogP contribution is 2.33. The van der Waals surface area contributed by atoms with E-state index >= 15 is 0 Å². The molecule has 5 heteroatoms. The molecule has 0 aromatic carbocycles. The Kier molecular flexibility index (Phi) is 3.25. The van der Waals surface area contributed by atoms with Gasteiger partial charge >= 0.3 is 6.18 Å². The van der Waals surface area contributed by atoms with Gasteiger partial charge < -0.3 is 4.90 Å². The third-order valence-electron chi connectivity index (χ3n) is 3.25. The van der Waals surface area contributed by atoms with Crippen molar-refractivity contribution in [3.8, 4) is 0 Å². The summed E-state index contributed by atoms with van der Waals surface area (Å²) < 4.78 is 37.8. The van der Waals surface area contributed by atoms with Gasteiger partial charge in [0.15, 0.2) is 0 Å². The fraction of sp³-hybridized carbons (Fsp3) is 0.615. The summed E-state index contributed by atoms with van der Waals surface area (Å²) in [6, 6.07) is 4.09. The fourth-order valence-electron chi connectivity index (χ4n) is 2.38. The minimum atomic E-state index is -4.37. The van der Waals surface area contributed by atoms with Crippen molar-refractivity contribution in [1.82, 2.24) is 4.98 Å². The normalized spacial score (nSPS) is 19.9. The number of halogens is 3. The highest BCUT2D eigenvalue weighted by molar-refractivity contribution is 5.40. The van der Waals surface area contributed by atoms with Crippen LogP contribution in [0.15, 0.2) is 18.2 Å². The SMILES string of the molecule is CC1(C)CCCN(c2cccc(C(F)(F)F)n2)C1. The number of alkyl halides is 3. The smallest absolute Gasteiger partial charge is 0.356 e. The predicted molar refractivity (Wildman–Crippen MR) is 64.5 cm³/mol. The van der Waals surface area contributed by atoms with Gasteiger partial charge in [-0.3, -0.25) is 0 Å². The molecule has 0 atom stereocenters. The first kappa shape index (κ1) is 13.2. The summed E-state index contributed by atoms with van der Waals surface area (Å²) in [5.41, 5.74) is -0.683. The van der Waals surface area contributed by atoms with Crippen molar-refractivity contribution in [3.63, 3.8) is 0 Å². The summed E-state index contributed by atoms with van der Waals surface area (Å²) in [5.74, 6) is 0.428. The molecule has 1 saturated heterocycles. The van der Waals surface area contributed by atoms with Crippen LogP contribution in [0.2, 0.25) is 0 Å². The Morgan fingerprint density at radius 1 is 1.28 bits per heavy atom. The molecule has 1 fully saturated rings. The summed E-state index contributed by atoms with van der Waals surface area (Å²) in [4.78, 5) is 5.68. The highest BCUT2D eigenvalue weighted by atomic mass is 19.4. The van der Waals surface area contributed by atoms with Gasteiger partial charge in [0.25, 0.3) is 0 Å². The lowest BCUT2D eigenvalue weighted by molar-refractivity contribution is -0.141. The first-order valence-electron chi connectivity index (χ1n) is 6.07. The highest BCUT2D eigenvalue weighted by Gasteiger charge is 2.33. The fourth-order valence-corrected chi connectivity index (χ4v) is 2.38. The van der Waals surface area contributed by atoms with Crippen molar-refractivity contribution in [1.29, 1.82) is 0 Å². The van der Waals surface area contributed by atoms with Crippen molar-refractivity contribution in [2.45, 2.75) is 32.9 Å². The molecule has 1 aromatic rings. The molecular formula is C13H17F3N2. The topological polar surface area (TPSA) is 16.1 Å². The second kappa shape index (κ2) is 4.44. The first-order chi connectivity index (χ1) is 8.28. The average molecular weight is 258 g/mol. The lowest BCUT2D eigenvalue weighted by Gasteiger charge is -2.38. The molecular weight excluding hydrogens is 241 g/mol. The first-order valence-corrected chi connectivity index (χ1v) is 6.07. The number of aromatic nitrogens is 1. The third kappa shape index (κ3) is 2.94. The van der Waals surface area contributed by atoms with Crippen LogP contribution in [0.25, 0.3) is 0 Å². The van der Waals surface area contributed by atoms with Gasteiger partial charge in [0, 0.05) is 13.1 Å². The zero-order valence-corrected chi connectivity index (χ0v) is 10.6. The zero-order chi connectivity index (χ0) is 13.4. The number of piperidine rings is 1. The molecule has 2 heterocycles. The minimum Gasteiger partial charge on any atom is -0.356 e. The lowest BCUT2D eigenvalue weighted by Crippen LogP contribution is -2.40. The second-order valence-electron chi connectivity index (χ2n) is 5.57. The standard InChI is InChI=1S/C13H17F3N2/c1-12(2)7-4-8-18(9-12)11-6-3-5-10(17-11)13(14,15)16/h3,5-6H,4,7-9H2,1-2H3. The largest absolute Gasteiger partial charge is 0.433 e. The molecule has 1 aliphatic heterocycles. The van der Waals surface area contributed by atoms with E-state index in [-0.39, 0.29) is 5.41 Å². The van der Waals surface area contributed by atoms with Crippen LogP contribution in [0.4, 0.5) is 19.0 Å². The summed E-state index contributed by atoms with van der Waals surface area (Å²) in [7, 11) is 0. The molecule has 2 nitrogen and oxygen atoms in total. The maximum atomic E-state index is 12.6.